The van der Waals surface area contributed by atoms with Gasteiger partial charge in [0.25, 0.3) is 0 Å². The highest BCUT2D eigenvalue weighted by Crippen LogP contribution is 2.53. The molecule has 1 atom stereocenters. The molecular weight excluding hydrogens is 427 g/mol. The van der Waals surface area contributed by atoms with Crippen molar-refractivity contribution in [3.63, 3.8) is 0 Å². The first-order chi connectivity index (χ1) is 16.0. The van der Waals surface area contributed by atoms with Crippen molar-refractivity contribution in [2.24, 2.45) is 11.1 Å². The van der Waals surface area contributed by atoms with E-state index in [1.165, 1.54) is 31.6 Å². The molecule has 1 saturated carbocycles. The Hall–Kier alpha value is -3.73. The van der Waals surface area contributed by atoms with Gasteiger partial charge in [0.05, 0.1) is 36.1 Å². The highest BCUT2D eigenvalue weighted by Gasteiger charge is 2.54. The summed E-state index contributed by atoms with van der Waals surface area (Å²) in [4.78, 5) is 22.9. The molecule has 4 heterocycles. The minimum atomic E-state index is -0.341. The molecule has 1 saturated heterocycles. The second-order valence-electron chi connectivity index (χ2n) is 8.66. The summed E-state index contributed by atoms with van der Waals surface area (Å²) in [5, 5.41) is 4.49. The predicted molar refractivity (Wildman–Crippen MR) is 121 cm³/mol. The van der Waals surface area contributed by atoms with Gasteiger partial charge in [-0.1, -0.05) is 0 Å². The third-order valence-electron chi connectivity index (χ3n) is 6.65. The molecule has 11 heteroatoms. The summed E-state index contributed by atoms with van der Waals surface area (Å²) in [6.07, 6.45) is 5.20. The number of anilines is 2. The van der Waals surface area contributed by atoms with Crippen molar-refractivity contribution in [2.45, 2.75) is 18.9 Å². The van der Waals surface area contributed by atoms with Crippen molar-refractivity contribution in [3.05, 3.63) is 30.3 Å². The van der Waals surface area contributed by atoms with Crippen LogP contribution in [-0.2, 0) is 0 Å². The molecule has 1 aromatic carbocycles. The normalized spacial score (nSPS) is 18.9. The van der Waals surface area contributed by atoms with Crippen molar-refractivity contribution < 1.29 is 13.9 Å². The lowest BCUT2D eigenvalue weighted by Crippen LogP contribution is -2.30. The van der Waals surface area contributed by atoms with Crippen molar-refractivity contribution in [1.29, 1.82) is 0 Å². The van der Waals surface area contributed by atoms with Gasteiger partial charge in [0.15, 0.2) is 5.75 Å². The molecule has 4 N–H and O–H groups in total. The van der Waals surface area contributed by atoms with Gasteiger partial charge < -0.3 is 30.4 Å². The van der Waals surface area contributed by atoms with Gasteiger partial charge in [0.1, 0.15) is 17.3 Å². The van der Waals surface area contributed by atoms with Gasteiger partial charge in [-0.15, -0.1) is 0 Å². The molecule has 6 rings (SSSR count). The zero-order valence-electron chi connectivity index (χ0n) is 18.2. The standard InChI is InChI=1S/C22H23FN8O2/c1-25-14-6-11(23)5-13-16-18(28-17(13)14)29-21(33-12-7-26-20(32-2)27-8-12)30-19(16)31-9-15(24)22(10-31)3-4-22/h5-8,15,25H,3-4,9-10,24H2,1-2H3,(H,28,29,30). The van der Waals surface area contributed by atoms with E-state index in [1.54, 1.807) is 7.05 Å². The van der Waals surface area contributed by atoms with Crippen LogP contribution in [0.2, 0.25) is 0 Å². The molecule has 1 unspecified atom stereocenters. The zero-order valence-corrected chi connectivity index (χ0v) is 18.2. The molecule has 10 nitrogen and oxygen atoms in total. The highest BCUT2D eigenvalue weighted by molar-refractivity contribution is 6.14. The average molecular weight is 450 g/mol. The van der Waals surface area contributed by atoms with Crippen molar-refractivity contribution in [1.82, 2.24) is 24.9 Å². The molecule has 0 radical (unpaired) electrons. The first kappa shape index (κ1) is 19.9. The van der Waals surface area contributed by atoms with Crippen molar-refractivity contribution in [3.8, 4) is 17.8 Å². The number of nitrogens with two attached hydrogens (primary N) is 1. The maximum atomic E-state index is 14.4. The Morgan fingerprint density at radius 2 is 2.00 bits per heavy atom. The van der Waals surface area contributed by atoms with Crippen LogP contribution >= 0.6 is 0 Å². The number of halogens is 1. The first-order valence-electron chi connectivity index (χ1n) is 10.7. The van der Waals surface area contributed by atoms with Gasteiger partial charge in [0.2, 0.25) is 0 Å². The van der Waals surface area contributed by atoms with Crippen LogP contribution in [0.5, 0.6) is 17.8 Å². The van der Waals surface area contributed by atoms with E-state index in [1.807, 2.05) is 0 Å². The van der Waals surface area contributed by atoms with E-state index in [0.717, 1.165) is 30.3 Å². The van der Waals surface area contributed by atoms with Crippen LogP contribution < -0.4 is 25.4 Å². The molecule has 0 amide bonds. The summed E-state index contributed by atoms with van der Waals surface area (Å²) in [5.41, 5.74) is 8.54. The number of ether oxygens (including phenoxy) is 2. The van der Waals surface area contributed by atoms with Crippen LogP contribution in [0.4, 0.5) is 15.9 Å². The monoisotopic (exact) mass is 450 g/mol. The fraction of sp³-hybridized carbons (Fsp3) is 0.364. The molecule has 0 bridgehead atoms. The highest BCUT2D eigenvalue weighted by atomic mass is 19.1. The molecule has 33 heavy (non-hydrogen) atoms. The molecule has 4 aromatic rings. The van der Waals surface area contributed by atoms with Gasteiger partial charge in [-0.25, -0.2) is 4.39 Å². The molecule has 2 fully saturated rings. The maximum Gasteiger partial charge on any atom is 0.326 e. The third kappa shape index (κ3) is 3.18. The first-order valence-corrected chi connectivity index (χ1v) is 10.7. The van der Waals surface area contributed by atoms with Crippen LogP contribution in [0.15, 0.2) is 24.5 Å². The fourth-order valence-corrected chi connectivity index (χ4v) is 4.71. The number of nitrogens with one attached hydrogen (secondary N) is 2. The summed E-state index contributed by atoms with van der Waals surface area (Å²) in [6.45, 7) is 1.46. The fourth-order valence-electron chi connectivity index (χ4n) is 4.71. The van der Waals surface area contributed by atoms with Crippen LogP contribution in [-0.4, -0.2) is 58.2 Å². The number of aromatic amines is 1. The maximum absolute atomic E-state index is 14.4. The zero-order chi connectivity index (χ0) is 22.7. The van der Waals surface area contributed by atoms with E-state index in [0.29, 0.717) is 34.8 Å². The van der Waals surface area contributed by atoms with E-state index in [2.05, 4.69) is 30.2 Å². The summed E-state index contributed by atoms with van der Waals surface area (Å²) in [7, 11) is 3.24. The number of benzene rings is 1. The SMILES string of the molecule is CNc1cc(F)cc2c1[nH]c1nc(Oc3cnc(OC)nc3)nc(N3CC(N)C4(CC4)C3)c12. The Balaban J connectivity index is 1.52. The van der Waals surface area contributed by atoms with Gasteiger partial charge in [-0.2, -0.15) is 19.9 Å². The van der Waals surface area contributed by atoms with E-state index in [9.17, 15) is 4.39 Å². The lowest BCUT2D eigenvalue weighted by Gasteiger charge is -2.19. The Labute approximate surface area is 188 Å². The summed E-state index contributed by atoms with van der Waals surface area (Å²) in [5.74, 6) is 0.699. The van der Waals surface area contributed by atoms with Crippen molar-refractivity contribution in [2.75, 3.05) is 37.5 Å². The molecule has 1 aliphatic heterocycles. The number of rotatable bonds is 5. The smallest absolute Gasteiger partial charge is 0.326 e. The minimum absolute atomic E-state index is 0.0664. The van der Waals surface area contributed by atoms with E-state index >= 15 is 0 Å². The molecule has 3 aromatic heterocycles. The van der Waals surface area contributed by atoms with Crippen molar-refractivity contribution >= 4 is 33.4 Å². The lowest BCUT2D eigenvalue weighted by molar-refractivity contribution is 0.373. The molecule has 1 spiro atoms. The number of aromatic nitrogens is 5. The summed E-state index contributed by atoms with van der Waals surface area (Å²) >= 11 is 0. The largest absolute Gasteiger partial charge is 0.467 e. The molecular formula is C22H23FN8O2. The number of nitrogens with zero attached hydrogens (tertiary/aromatic N) is 5. The Morgan fingerprint density at radius 3 is 2.67 bits per heavy atom. The molecule has 2 aliphatic rings. The third-order valence-corrected chi connectivity index (χ3v) is 6.65. The summed E-state index contributed by atoms with van der Waals surface area (Å²) < 4.78 is 25.3. The quantitative estimate of drug-likeness (QED) is 0.420. The van der Waals surface area contributed by atoms with Crippen LogP contribution in [0, 0.1) is 11.2 Å². The second kappa shape index (κ2) is 7.14. The summed E-state index contributed by atoms with van der Waals surface area (Å²) in [6, 6.07) is 3.38. The van der Waals surface area contributed by atoms with Gasteiger partial charge in [0, 0.05) is 37.0 Å². The molecule has 170 valence electrons. The number of methoxy groups -OCH3 is 1. The Bertz CT molecular complexity index is 1370. The predicted octanol–water partition coefficient (Wildman–Crippen LogP) is 2.81. The Kier molecular flexibility index (Phi) is 4.31. The van der Waals surface area contributed by atoms with Gasteiger partial charge in [-0.3, -0.25) is 0 Å². The van der Waals surface area contributed by atoms with Crippen LogP contribution in [0.25, 0.3) is 21.9 Å². The molecule has 1 aliphatic carbocycles. The van der Waals surface area contributed by atoms with Crippen LogP contribution in [0.1, 0.15) is 12.8 Å². The number of hydrogen-bond acceptors (Lipinski definition) is 9. The van der Waals surface area contributed by atoms with Gasteiger partial charge >= 0.3 is 12.0 Å². The minimum Gasteiger partial charge on any atom is -0.467 e. The van der Waals surface area contributed by atoms with E-state index in [4.69, 9.17) is 20.2 Å². The topological polar surface area (TPSA) is 127 Å². The second-order valence-corrected chi connectivity index (χ2v) is 8.66. The number of H-pyrrole nitrogens is 1. The number of hydrogen-bond donors (Lipinski definition) is 3. The van der Waals surface area contributed by atoms with E-state index in [-0.39, 0.29) is 29.3 Å². The average Bonchev–Trinajstić information content (AvgIpc) is 3.40. The number of fused-ring (bicyclic) bond motifs is 3. The van der Waals surface area contributed by atoms with Crippen LogP contribution in [0.3, 0.4) is 0 Å². The van der Waals surface area contributed by atoms with Gasteiger partial charge in [-0.05, 0) is 25.0 Å². The Morgan fingerprint density at radius 1 is 1.21 bits per heavy atom. The lowest BCUT2D eigenvalue weighted by atomic mass is 10.0. The van der Waals surface area contributed by atoms with E-state index < -0.39 is 0 Å².